The van der Waals surface area contributed by atoms with Gasteiger partial charge in [-0.15, -0.1) is 24.0 Å². The van der Waals surface area contributed by atoms with Crippen molar-refractivity contribution < 1.29 is 4.74 Å². The summed E-state index contributed by atoms with van der Waals surface area (Å²) in [4.78, 5) is 9.29. The van der Waals surface area contributed by atoms with Crippen LogP contribution in [0.3, 0.4) is 0 Å². The van der Waals surface area contributed by atoms with Crippen molar-refractivity contribution >= 4 is 29.9 Å². The number of halogens is 1. The van der Waals surface area contributed by atoms with Crippen LogP contribution in [-0.4, -0.2) is 82.3 Å². The number of rotatable bonds is 10. The normalized spacial score (nSPS) is 18.0. The first-order chi connectivity index (χ1) is 13.6. The Labute approximate surface area is 194 Å². The van der Waals surface area contributed by atoms with E-state index in [1.54, 1.807) is 0 Å². The lowest BCUT2D eigenvalue weighted by Gasteiger charge is -2.34. The maximum absolute atomic E-state index is 5.92. The Hall–Kier alpha value is -0.900. The zero-order chi connectivity index (χ0) is 20.2. The molecule has 0 aromatic heterocycles. The number of ether oxygens (including phenoxy) is 1. The molecule has 29 heavy (non-hydrogen) atoms. The Balaban J connectivity index is 0.00000420. The Morgan fingerprint density at radius 3 is 2.45 bits per heavy atom. The molecule has 0 radical (unpaired) electrons. The van der Waals surface area contributed by atoms with E-state index in [9.17, 15) is 0 Å². The lowest BCUT2D eigenvalue weighted by Crippen LogP contribution is -2.47. The topological polar surface area (TPSA) is 52.1 Å². The van der Waals surface area contributed by atoms with Crippen LogP contribution >= 0.6 is 24.0 Å². The SMILES string of the molecule is CN=C(NCCCOC(C)c1ccccc1)NCC(C)CN1CCN(C)CC1.I. The number of benzene rings is 1. The maximum atomic E-state index is 5.92. The molecule has 0 bridgehead atoms. The fourth-order valence-corrected chi connectivity index (χ4v) is 3.39. The first-order valence-electron chi connectivity index (χ1n) is 10.6. The largest absolute Gasteiger partial charge is 0.374 e. The second-order valence-corrected chi connectivity index (χ2v) is 7.87. The van der Waals surface area contributed by atoms with E-state index in [0.717, 1.165) is 38.6 Å². The van der Waals surface area contributed by atoms with Crippen molar-refractivity contribution in [2.24, 2.45) is 10.9 Å². The summed E-state index contributed by atoms with van der Waals surface area (Å²) in [6, 6.07) is 10.4. The summed E-state index contributed by atoms with van der Waals surface area (Å²) < 4.78 is 5.92. The van der Waals surface area contributed by atoms with E-state index in [-0.39, 0.29) is 30.1 Å². The van der Waals surface area contributed by atoms with E-state index in [0.29, 0.717) is 5.92 Å². The molecule has 2 rings (SSSR count). The molecule has 1 aromatic carbocycles. The number of guanidine groups is 1. The molecule has 1 saturated heterocycles. The smallest absolute Gasteiger partial charge is 0.190 e. The van der Waals surface area contributed by atoms with Gasteiger partial charge in [-0.05, 0) is 31.9 Å². The van der Waals surface area contributed by atoms with Gasteiger partial charge < -0.3 is 25.2 Å². The third-order valence-electron chi connectivity index (χ3n) is 5.26. The average molecular weight is 518 g/mol. The molecule has 0 spiro atoms. The van der Waals surface area contributed by atoms with Gasteiger partial charge in [-0.1, -0.05) is 37.3 Å². The highest BCUT2D eigenvalue weighted by atomic mass is 127. The van der Waals surface area contributed by atoms with Crippen LogP contribution in [0.15, 0.2) is 35.3 Å². The highest BCUT2D eigenvalue weighted by Crippen LogP contribution is 2.15. The lowest BCUT2D eigenvalue weighted by atomic mass is 10.1. The van der Waals surface area contributed by atoms with Gasteiger partial charge in [0, 0.05) is 59.5 Å². The number of nitrogens with one attached hydrogen (secondary N) is 2. The van der Waals surface area contributed by atoms with Crippen molar-refractivity contribution in [2.75, 3.05) is 66.5 Å². The lowest BCUT2D eigenvalue weighted by molar-refractivity contribution is 0.0646. The summed E-state index contributed by atoms with van der Waals surface area (Å²) >= 11 is 0. The van der Waals surface area contributed by atoms with E-state index >= 15 is 0 Å². The number of hydrogen-bond acceptors (Lipinski definition) is 4. The molecule has 2 unspecified atom stereocenters. The molecule has 1 aliphatic rings. The fourth-order valence-electron chi connectivity index (χ4n) is 3.39. The summed E-state index contributed by atoms with van der Waals surface area (Å²) in [6.07, 6.45) is 1.09. The van der Waals surface area contributed by atoms with Crippen LogP contribution in [0, 0.1) is 5.92 Å². The summed E-state index contributed by atoms with van der Waals surface area (Å²) in [7, 11) is 4.03. The van der Waals surface area contributed by atoms with E-state index in [4.69, 9.17) is 4.74 Å². The molecule has 1 fully saturated rings. The molecule has 7 heteroatoms. The van der Waals surface area contributed by atoms with Crippen LogP contribution in [0.2, 0.25) is 0 Å². The number of nitrogens with zero attached hydrogens (tertiary/aromatic N) is 3. The van der Waals surface area contributed by atoms with Crippen LogP contribution < -0.4 is 10.6 Å². The Morgan fingerprint density at radius 1 is 1.10 bits per heavy atom. The molecular formula is C22H40IN5O. The van der Waals surface area contributed by atoms with Gasteiger partial charge in [0.05, 0.1) is 6.10 Å². The van der Waals surface area contributed by atoms with Gasteiger partial charge in [-0.25, -0.2) is 0 Å². The van der Waals surface area contributed by atoms with Gasteiger partial charge in [-0.2, -0.15) is 0 Å². The van der Waals surface area contributed by atoms with Crippen molar-refractivity contribution in [3.63, 3.8) is 0 Å². The van der Waals surface area contributed by atoms with E-state index in [2.05, 4.69) is 70.6 Å². The van der Waals surface area contributed by atoms with E-state index in [1.807, 2.05) is 13.1 Å². The first-order valence-corrected chi connectivity index (χ1v) is 10.6. The van der Waals surface area contributed by atoms with Crippen molar-refractivity contribution in [3.8, 4) is 0 Å². The standard InChI is InChI=1S/C22H39N5O.HI/c1-19(18-27-14-12-26(4)13-15-27)17-25-22(23-3)24-11-8-16-28-20(2)21-9-6-5-7-10-21;/h5-7,9-10,19-20H,8,11-18H2,1-4H3,(H2,23,24,25);1H. The Bertz CT molecular complexity index is 564. The Morgan fingerprint density at radius 2 is 1.79 bits per heavy atom. The van der Waals surface area contributed by atoms with Crippen LogP contribution in [0.4, 0.5) is 0 Å². The third-order valence-corrected chi connectivity index (χ3v) is 5.26. The molecule has 2 N–H and O–H groups in total. The molecule has 0 aliphatic carbocycles. The second-order valence-electron chi connectivity index (χ2n) is 7.87. The van der Waals surface area contributed by atoms with Gasteiger partial charge in [-0.3, -0.25) is 4.99 Å². The summed E-state index contributed by atoms with van der Waals surface area (Å²) in [5.74, 6) is 1.47. The third kappa shape index (κ3) is 10.6. The van der Waals surface area contributed by atoms with Gasteiger partial charge in [0.2, 0.25) is 0 Å². The zero-order valence-corrected chi connectivity index (χ0v) is 20.9. The number of piperazine rings is 1. The van der Waals surface area contributed by atoms with Gasteiger partial charge in [0.25, 0.3) is 0 Å². The minimum Gasteiger partial charge on any atom is -0.374 e. The van der Waals surface area contributed by atoms with Gasteiger partial charge in [0.1, 0.15) is 0 Å². The van der Waals surface area contributed by atoms with Crippen LogP contribution in [0.5, 0.6) is 0 Å². The number of hydrogen-bond donors (Lipinski definition) is 2. The molecule has 166 valence electrons. The predicted octanol–water partition coefficient (Wildman–Crippen LogP) is 2.82. The highest BCUT2D eigenvalue weighted by Gasteiger charge is 2.16. The molecular weight excluding hydrogens is 477 g/mol. The monoisotopic (exact) mass is 517 g/mol. The number of likely N-dealkylation sites (N-methyl/N-ethyl adjacent to an activating group) is 1. The second kappa shape index (κ2) is 15.0. The zero-order valence-electron chi connectivity index (χ0n) is 18.6. The quantitative estimate of drug-likeness (QED) is 0.217. The maximum Gasteiger partial charge on any atom is 0.190 e. The predicted molar refractivity (Wildman–Crippen MR) is 133 cm³/mol. The summed E-state index contributed by atoms with van der Waals surface area (Å²) in [5, 5.41) is 6.84. The summed E-state index contributed by atoms with van der Waals surface area (Å²) in [6.45, 7) is 12.8. The van der Waals surface area contributed by atoms with Gasteiger partial charge >= 0.3 is 0 Å². The Kier molecular flexibility index (Phi) is 13.5. The fraction of sp³-hybridized carbons (Fsp3) is 0.682. The minimum atomic E-state index is 0. The van der Waals surface area contributed by atoms with Crippen LogP contribution in [0.1, 0.15) is 31.9 Å². The molecule has 1 aromatic rings. The summed E-state index contributed by atoms with van der Waals surface area (Å²) in [5.41, 5.74) is 1.22. The van der Waals surface area contributed by atoms with Crippen molar-refractivity contribution in [1.82, 2.24) is 20.4 Å². The molecule has 1 heterocycles. The number of aliphatic imine (C=N–C) groups is 1. The van der Waals surface area contributed by atoms with E-state index < -0.39 is 0 Å². The van der Waals surface area contributed by atoms with Crippen molar-refractivity contribution in [1.29, 1.82) is 0 Å². The average Bonchev–Trinajstić information content (AvgIpc) is 2.72. The first kappa shape index (κ1) is 26.1. The van der Waals surface area contributed by atoms with E-state index in [1.165, 1.54) is 31.7 Å². The molecule has 6 nitrogen and oxygen atoms in total. The molecule has 0 amide bonds. The van der Waals surface area contributed by atoms with Crippen molar-refractivity contribution in [2.45, 2.75) is 26.4 Å². The molecule has 1 aliphatic heterocycles. The minimum absolute atomic E-state index is 0. The van der Waals surface area contributed by atoms with Crippen molar-refractivity contribution in [3.05, 3.63) is 35.9 Å². The highest BCUT2D eigenvalue weighted by molar-refractivity contribution is 14.0. The van der Waals surface area contributed by atoms with Crippen LogP contribution in [0.25, 0.3) is 0 Å². The molecule has 2 atom stereocenters. The van der Waals surface area contributed by atoms with Crippen LogP contribution in [-0.2, 0) is 4.74 Å². The van der Waals surface area contributed by atoms with Gasteiger partial charge in [0.15, 0.2) is 5.96 Å². The molecule has 0 saturated carbocycles.